The maximum atomic E-state index is 13.8. The summed E-state index contributed by atoms with van der Waals surface area (Å²) in [4.78, 5) is 0. The van der Waals surface area contributed by atoms with Crippen molar-refractivity contribution in [1.29, 1.82) is 5.26 Å². The third-order valence-electron chi connectivity index (χ3n) is 3.39. The molecule has 0 saturated carbocycles. The Bertz CT molecular complexity index is 664. The molecule has 0 radical (unpaired) electrons. The van der Waals surface area contributed by atoms with Crippen LogP contribution in [0.1, 0.15) is 29.7 Å². The lowest BCUT2D eigenvalue weighted by molar-refractivity contribution is 0.401. The maximum absolute atomic E-state index is 13.8. The van der Waals surface area contributed by atoms with Gasteiger partial charge in [0, 0.05) is 23.7 Å². The molecule has 0 bridgehead atoms. The molecule has 2 rings (SSSR count). The summed E-state index contributed by atoms with van der Waals surface area (Å²) in [7, 11) is 1.63. The zero-order chi connectivity index (χ0) is 15.2. The summed E-state index contributed by atoms with van der Waals surface area (Å²) >= 11 is 0. The van der Waals surface area contributed by atoms with Crippen molar-refractivity contribution >= 4 is 0 Å². The van der Waals surface area contributed by atoms with E-state index in [1.807, 2.05) is 37.3 Å². The molecule has 0 aliphatic heterocycles. The van der Waals surface area contributed by atoms with Crippen molar-refractivity contribution in [3.63, 3.8) is 0 Å². The Morgan fingerprint density at radius 3 is 2.71 bits per heavy atom. The van der Waals surface area contributed by atoms with Crippen LogP contribution in [0, 0.1) is 17.1 Å². The first-order valence-electron chi connectivity index (χ1n) is 6.70. The van der Waals surface area contributed by atoms with Crippen LogP contribution in [0.4, 0.5) is 4.39 Å². The smallest absolute Gasteiger partial charge is 0.129 e. The molecule has 1 atom stereocenters. The third kappa shape index (κ3) is 3.59. The van der Waals surface area contributed by atoms with Gasteiger partial charge in [0.25, 0.3) is 0 Å². The highest BCUT2D eigenvalue weighted by atomic mass is 19.1. The molecular formula is C17H17FN2O. The van der Waals surface area contributed by atoms with Crippen LogP contribution in [-0.2, 0) is 6.54 Å². The van der Waals surface area contributed by atoms with E-state index in [2.05, 4.69) is 5.32 Å². The molecule has 2 aromatic carbocycles. The molecule has 0 unspecified atom stereocenters. The number of rotatable bonds is 5. The average molecular weight is 284 g/mol. The van der Waals surface area contributed by atoms with Crippen molar-refractivity contribution in [2.24, 2.45) is 0 Å². The topological polar surface area (TPSA) is 45.0 Å². The van der Waals surface area contributed by atoms with E-state index in [9.17, 15) is 4.39 Å². The number of ether oxygens (including phenoxy) is 1. The first kappa shape index (κ1) is 15.0. The second kappa shape index (κ2) is 6.87. The molecule has 0 fully saturated rings. The molecule has 0 aliphatic carbocycles. The minimum Gasteiger partial charge on any atom is -0.496 e. The lowest BCUT2D eigenvalue weighted by Crippen LogP contribution is -2.19. The Morgan fingerprint density at radius 1 is 1.29 bits per heavy atom. The predicted octanol–water partition coefficient (Wildman–Crippen LogP) is 3.56. The van der Waals surface area contributed by atoms with Gasteiger partial charge in [-0.1, -0.05) is 24.3 Å². The van der Waals surface area contributed by atoms with Gasteiger partial charge in [-0.05, 0) is 25.1 Å². The fraction of sp³-hybridized carbons (Fsp3) is 0.235. The highest BCUT2D eigenvalue weighted by Gasteiger charge is 2.11. The van der Waals surface area contributed by atoms with Gasteiger partial charge >= 0.3 is 0 Å². The largest absolute Gasteiger partial charge is 0.496 e. The zero-order valence-electron chi connectivity index (χ0n) is 12.1. The van der Waals surface area contributed by atoms with Crippen molar-refractivity contribution in [1.82, 2.24) is 5.32 Å². The van der Waals surface area contributed by atoms with Crippen LogP contribution in [0.15, 0.2) is 42.5 Å². The number of hydrogen-bond acceptors (Lipinski definition) is 3. The van der Waals surface area contributed by atoms with E-state index in [0.29, 0.717) is 17.7 Å². The predicted molar refractivity (Wildman–Crippen MR) is 79.4 cm³/mol. The van der Waals surface area contributed by atoms with E-state index in [1.165, 1.54) is 6.07 Å². The van der Waals surface area contributed by atoms with Crippen molar-refractivity contribution < 1.29 is 9.13 Å². The summed E-state index contributed by atoms with van der Waals surface area (Å²) in [6.45, 7) is 2.39. The number of hydrogen-bond donors (Lipinski definition) is 1. The summed E-state index contributed by atoms with van der Waals surface area (Å²) in [6.07, 6.45) is 0. The summed E-state index contributed by atoms with van der Waals surface area (Å²) in [5, 5.41) is 12.0. The first-order chi connectivity index (χ1) is 10.2. The lowest BCUT2D eigenvalue weighted by Gasteiger charge is -2.17. The Hall–Kier alpha value is -2.38. The van der Waals surface area contributed by atoms with Crippen LogP contribution in [0.25, 0.3) is 0 Å². The molecule has 108 valence electrons. The number of nitrogens with zero attached hydrogens (tertiary/aromatic N) is 1. The van der Waals surface area contributed by atoms with Crippen molar-refractivity contribution in [2.75, 3.05) is 7.11 Å². The molecule has 0 aliphatic rings. The zero-order valence-corrected chi connectivity index (χ0v) is 12.1. The Labute approximate surface area is 124 Å². The molecule has 1 N–H and O–H groups in total. The Balaban J connectivity index is 2.08. The van der Waals surface area contributed by atoms with Gasteiger partial charge in [0.05, 0.1) is 18.7 Å². The number of halogens is 1. The van der Waals surface area contributed by atoms with Crippen molar-refractivity contribution in [2.45, 2.75) is 19.5 Å². The minimum absolute atomic E-state index is 0.0243. The van der Waals surface area contributed by atoms with E-state index >= 15 is 0 Å². The second-order valence-electron chi connectivity index (χ2n) is 4.76. The number of benzene rings is 2. The molecule has 0 saturated heterocycles. The van der Waals surface area contributed by atoms with Crippen LogP contribution >= 0.6 is 0 Å². The molecular weight excluding hydrogens is 267 g/mol. The van der Waals surface area contributed by atoms with Crippen molar-refractivity contribution in [3.05, 3.63) is 65.0 Å². The lowest BCUT2D eigenvalue weighted by atomic mass is 10.1. The summed E-state index contributed by atoms with van der Waals surface area (Å²) < 4.78 is 19.1. The Morgan fingerprint density at radius 2 is 2.05 bits per heavy atom. The molecule has 0 spiro atoms. The van der Waals surface area contributed by atoms with Gasteiger partial charge in [-0.3, -0.25) is 0 Å². The number of nitrogens with one attached hydrogen (secondary N) is 1. The standard InChI is InChI=1S/C17H17FN2O/c1-12(15-5-3-4-6-17(15)21-2)20-11-14-8-7-13(10-19)9-16(14)18/h3-9,12,20H,11H2,1-2H3/t12-/m1/s1. The molecule has 0 amide bonds. The fourth-order valence-corrected chi connectivity index (χ4v) is 2.16. The average Bonchev–Trinajstić information content (AvgIpc) is 2.53. The van der Waals surface area contributed by atoms with E-state index in [0.717, 1.165) is 11.3 Å². The SMILES string of the molecule is COc1ccccc1[C@@H](C)NCc1ccc(C#N)cc1F. The van der Waals surface area contributed by atoms with E-state index in [4.69, 9.17) is 10.00 Å². The van der Waals surface area contributed by atoms with Crippen LogP contribution < -0.4 is 10.1 Å². The van der Waals surface area contributed by atoms with Crippen LogP contribution in [0.2, 0.25) is 0 Å². The van der Waals surface area contributed by atoms with Gasteiger partial charge in [0.1, 0.15) is 11.6 Å². The van der Waals surface area contributed by atoms with E-state index < -0.39 is 0 Å². The van der Waals surface area contributed by atoms with Gasteiger partial charge in [-0.15, -0.1) is 0 Å². The maximum Gasteiger partial charge on any atom is 0.129 e. The Kier molecular flexibility index (Phi) is 4.91. The molecule has 21 heavy (non-hydrogen) atoms. The monoisotopic (exact) mass is 284 g/mol. The minimum atomic E-state index is -0.367. The normalized spacial score (nSPS) is 11.7. The van der Waals surface area contributed by atoms with Gasteiger partial charge in [-0.25, -0.2) is 4.39 Å². The van der Waals surface area contributed by atoms with Crippen LogP contribution in [0.3, 0.4) is 0 Å². The number of methoxy groups -OCH3 is 1. The van der Waals surface area contributed by atoms with Gasteiger partial charge in [0.2, 0.25) is 0 Å². The second-order valence-corrected chi connectivity index (χ2v) is 4.76. The molecule has 0 heterocycles. The molecule has 4 heteroatoms. The highest BCUT2D eigenvalue weighted by molar-refractivity contribution is 5.36. The van der Waals surface area contributed by atoms with Crippen LogP contribution in [-0.4, -0.2) is 7.11 Å². The van der Waals surface area contributed by atoms with E-state index in [1.54, 1.807) is 19.2 Å². The van der Waals surface area contributed by atoms with Gasteiger partial charge < -0.3 is 10.1 Å². The van der Waals surface area contributed by atoms with Gasteiger partial charge in [-0.2, -0.15) is 5.26 Å². The summed E-state index contributed by atoms with van der Waals surface area (Å²) in [5.41, 5.74) is 1.89. The van der Waals surface area contributed by atoms with Crippen molar-refractivity contribution in [3.8, 4) is 11.8 Å². The molecule has 3 nitrogen and oxygen atoms in total. The first-order valence-corrected chi connectivity index (χ1v) is 6.70. The summed E-state index contributed by atoms with van der Waals surface area (Å²) in [6, 6.07) is 14.2. The van der Waals surface area contributed by atoms with Gasteiger partial charge in [0.15, 0.2) is 0 Å². The molecule has 0 aromatic heterocycles. The summed E-state index contributed by atoms with van der Waals surface area (Å²) in [5.74, 6) is 0.437. The highest BCUT2D eigenvalue weighted by Crippen LogP contribution is 2.24. The van der Waals surface area contributed by atoms with E-state index in [-0.39, 0.29) is 11.9 Å². The van der Waals surface area contributed by atoms with Crippen LogP contribution in [0.5, 0.6) is 5.75 Å². The number of nitriles is 1. The fourth-order valence-electron chi connectivity index (χ4n) is 2.16. The third-order valence-corrected chi connectivity index (χ3v) is 3.39. The quantitative estimate of drug-likeness (QED) is 0.913. The number of para-hydroxylation sites is 1. The molecule has 2 aromatic rings.